The Kier molecular flexibility index (Phi) is 4.59. The van der Waals surface area contributed by atoms with Gasteiger partial charge in [-0.05, 0) is 48.1 Å². The number of anilines is 1. The summed E-state index contributed by atoms with van der Waals surface area (Å²) >= 11 is 1.57. The molecule has 0 saturated heterocycles. The SMILES string of the molecule is CCCC1CN(C(=O)C=Cc2c[nH]c3ncccc23)c2cc(O)c3scc(C)c3c21. The van der Waals surface area contributed by atoms with E-state index in [2.05, 4.69) is 29.2 Å². The second-order valence-electron chi connectivity index (χ2n) is 7.86. The van der Waals surface area contributed by atoms with Gasteiger partial charge in [0.05, 0.1) is 10.4 Å². The Morgan fingerprint density at radius 2 is 2.33 bits per heavy atom. The molecule has 1 amide bonds. The molecule has 2 N–H and O–H groups in total. The number of aromatic hydroxyl groups is 1. The number of amides is 1. The number of nitrogens with one attached hydrogen (secondary N) is 1. The van der Waals surface area contributed by atoms with Crippen molar-refractivity contribution in [1.29, 1.82) is 0 Å². The highest BCUT2D eigenvalue weighted by molar-refractivity contribution is 7.17. The van der Waals surface area contributed by atoms with Crippen molar-refractivity contribution in [1.82, 2.24) is 9.97 Å². The van der Waals surface area contributed by atoms with Gasteiger partial charge in [0.2, 0.25) is 0 Å². The van der Waals surface area contributed by atoms with Crippen LogP contribution in [-0.2, 0) is 4.79 Å². The number of benzene rings is 1. The van der Waals surface area contributed by atoms with Gasteiger partial charge in [0.1, 0.15) is 11.4 Å². The van der Waals surface area contributed by atoms with Gasteiger partial charge in [-0.15, -0.1) is 11.3 Å². The van der Waals surface area contributed by atoms with E-state index in [1.54, 1.807) is 29.7 Å². The molecular formula is C24H23N3O2S. The van der Waals surface area contributed by atoms with E-state index < -0.39 is 0 Å². The molecule has 0 bridgehead atoms. The Balaban J connectivity index is 1.54. The van der Waals surface area contributed by atoms with E-state index in [1.807, 2.05) is 29.3 Å². The third-order valence-electron chi connectivity index (χ3n) is 5.92. The van der Waals surface area contributed by atoms with E-state index in [-0.39, 0.29) is 17.6 Å². The summed E-state index contributed by atoms with van der Waals surface area (Å²) in [6.07, 6.45) is 9.13. The second kappa shape index (κ2) is 7.29. The highest BCUT2D eigenvalue weighted by Crippen LogP contribution is 2.49. The zero-order chi connectivity index (χ0) is 20.8. The number of aryl methyl sites for hydroxylation is 1. The van der Waals surface area contributed by atoms with Crippen molar-refractivity contribution in [3.05, 3.63) is 58.7 Å². The number of phenols is 1. The summed E-state index contributed by atoms with van der Waals surface area (Å²) in [5.41, 5.74) is 4.96. The van der Waals surface area contributed by atoms with E-state index >= 15 is 0 Å². The lowest BCUT2D eigenvalue weighted by atomic mass is 9.92. The number of carbonyl (C=O) groups is 1. The van der Waals surface area contributed by atoms with E-state index in [0.717, 1.165) is 45.2 Å². The molecule has 30 heavy (non-hydrogen) atoms. The van der Waals surface area contributed by atoms with Crippen molar-refractivity contribution >= 4 is 50.1 Å². The van der Waals surface area contributed by atoms with E-state index in [4.69, 9.17) is 0 Å². The van der Waals surface area contributed by atoms with Crippen LogP contribution < -0.4 is 4.90 Å². The van der Waals surface area contributed by atoms with Crippen LogP contribution in [0.2, 0.25) is 0 Å². The summed E-state index contributed by atoms with van der Waals surface area (Å²) < 4.78 is 0.920. The third-order valence-corrected chi connectivity index (χ3v) is 7.04. The lowest BCUT2D eigenvalue weighted by Crippen LogP contribution is -2.27. The van der Waals surface area contributed by atoms with Gasteiger partial charge in [-0.2, -0.15) is 0 Å². The first-order valence-electron chi connectivity index (χ1n) is 10.2. The maximum atomic E-state index is 13.2. The van der Waals surface area contributed by atoms with Crippen LogP contribution in [-0.4, -0.2) is 27.5 Å². The molecule has 1 aromatic carbocycles. The summed E-state index contributed by atoms with van der Waals surface area (Å²) in [6.45, 7) is 4.90. The Morgan fingerprint density at radius 1 is 1.47 bits per heavy atom. The monoisotopic (exact) mass is 417 g/mol. The zero-order valence-electron chi connectivity index (χ0n) is 17.0. The molecule has 152 valence electrons. The molecule has 0 aliphatic carbocycles. The van der Waals surface area contributed by atoms with Gasteiger partial charge in [-0.1, -0.05) is 13.3 Å². The van der Waals surface area contributed by atoms with Crippen LogP contribution in [0.4, 0.5) is 5.69 Å². The van der Waals surface area contributed by atoms with Crippen molar-refractivity contribution in [2.45, 2.75) is 32.6 Å². The number of pyridine rings is 1. The molecule has 0 radical (unpaired) electrons. The molecule has 1 unspecified atom stereocenters. The summed E-state index contributed by atoms with van der Waals surface area (Å²) in [5.74, 6) is 0.472. The molecule has 1 aliphatic heterocycles. The van der Waals surface area contributed by atoms with E-state index in [9.17, 15) is 9.90 Å². The minimum atomic E-state index is -0.0697. The molecule has 1 aliphatic rings. The molecule has 5 nitrogen and oxygen atoms in total. The first-order valence-corrected chi connectivity index (χ1v) is 11.1. The standard InChI is InChI=1S/C24H23N3O2S/c1-3-5-16-12-27(18-10-19(28)23-21(22(16)18)14(2)13-30-23)20(29)8-7-15-11-26-24-17(15)6-4-9-25-24/h4,6-11,13,16,28H,3,5,12H2,1-2H3,(H,25,26). The predicted molar refractivity (Wildman–Crippen MR) is 123 cm³/mol. The molecular weight excluding hydrogens is 394 g/mol. The van der Waals surface area contributed by atoms with Crippen LogP contribution in [0.5, 0.6) is 5.75 Å². The van der Waals surface area contributed by atoms with Gasteiger partial charge in [-0.3, -0.25) is 4.79 Å². The molecule has 4 heterocycles. The average molecular weight is 418 g/mol. The minimum Gasteiger partial charge on any atom is -0.506 e. The van der Waals surface area contributed by atoms with E-state index in [1.165, 1.54) is 11.1 Å². The number of fused-ring (bicyclic) bond motifs is 4. The van der Waals surface area contributed by atoms with Gasteiger partial charge >= 0.3 is 0 Å². The maximum Gasteiger partial charge on any atom is 0.251 e. The fraction of sp³-hybridized carbons (Fsp3) is 0.250. The lowest BCUT2D eigenvalue weighted by molar-refractivity contribution is -0.114. The molecule has 5 rings (SSSR count). The summed E-state index contributed by atoms with van der Waals surface area (Å²) in [4.78, 5) is 22.4. The fourth-order valence-electron chi connectivity index (χ4n) is 4.57. The second-order valence-corrected chi connectivity index (χ2v) is 8.74. The number of rotatable bonds is 4. The topological polar surface area (TPSA) is 69.2 Å². The predicted octanol–water partition coefficient (Wildman–Crippen LogP) is 5.74. The molecule has 0 saturated carbocycles. The average Bonchev–Trinajstić information content (AvgIpc) is 3.43. The first kappa shape index (κ1) is 18.9. The highest BCUT2D eigenvalue weighted by Gasteiger charge is 2.34. The summed E-state index contributed by atoms with van der Waals surface area (Å²) in [6, 6.07) is 5.64. The van der Waals surface area contributed by atoms with Crippen molar-refractivity contribution in [3.8, 4) is 5.75 Å². The Bertz CT molecular complexity index is 1300. The van der Waals surface area contributed by atoms with Crippen LogP contribution in [0, 0.1) is 6.92 Å². The van der Waals surface area contributed by atoms with Crippen molar-refractivity contribution in [2.75, 3.05) is 11.4 Å². The first-order chi connectivity index (χ1) is 14.6. The quantitative estimate of drug-likeness (QED) is 0.416. The molecule has 0 spiro atoms. The lowest BCUT2D eigenvalue weighted by Gasteiger charge is -2.16. The number of aromatic amines is 1. The highest BCUT2D eigenvalue weighted by atomic mass is 32.1. The van der Waals surface area contributed by atoms with Gasteiger partial charge < -0.3 is 15.0 Å². The number of carbonyl (C=O) groups excluding carboxylic acids is 1. The van der Waals surface area contributed by atoms with Gasteiger partial charge in [0.25, 0.3) is 5.91 Å². The number of hydrogen-bond donors (Lipinski definition) is 2. The van der Waals surface area contributed by atoms with Gasteiger partial charge in [-0.25, -0.2) is 4.98 Å². The largest absolute Gasteiger partial charge is 0.506 e. The minimum absolute atomic E-state index is 0.0697. The number of thiophene rings is 1. The van der Waals surface area contributed by atoms with Crippen molar-refractivity contribution < 1.29 is 9.90 Å². The smallest absolute Gasteiger partial charge is 0.251 e. The number of H-pyrrole nitrogens is 1. The number of hydrogen-bond acceptors (Lipinski definition) is 4. The van der Waals surface area contributed by atoms with Crippen LogP contribution in [0.3, 0.4) is 0 Å². The molecule has 0 fully saturated rings. The fourth-order valence-corrected chi connectivity index (χ4v) is 5.55. The molecule has 4 aromatic rings. The molecule has 6 heteroatoms. The normalized spacial score (nSPS) is 16.2. The van der Waals surface area contributed by atoms with Crippen LogP contribution >= 0.6 is 11.3 Å². The Hall–Kier alpha value is -3.12. The van der Waals surface area contributed by atoms with Crippen LogP contribution in [0.1, 0.15) is 42.4 Å². The van der Waals surface area contributed by atoms with Crippen molar-refractivity contribution in [3.63, 3.8) is 0 Å². The zero-order valence-corrected chi connectivity index (χ0v) is 17.8. The Labute approximate surface area is 178 Å². The van der Waals surface area contributed by atoms with Gasteiger partial charge in [0, 0.05) is 53.3 Å². The maximum absolute atomic E-state index is 13.2. The summed E-state index contributed by atoms with van der Waals surface area (Å²) in [7, 11) is 0. The summed E-state index contributed by atoms with van der Waals surface area (Å²) in [5, 5.41) is 14.8. The van der Waals surface area contributed by atoms with Crippen molar-refractivity contribution in [2.24, 2.45) is 0 Å². The van der Waals surface area contributed by atoms with Crippen LogP contribution in [0.25, 0.3) is 27.2 Å². The van der Waals surface area contributed by atoms with Crippen LogP contribution in [0.15, 0.2) is 42.0 Å². The number of phenolic OH excluding ortho intramolecular Hbond substituents is 1. The molecule has 3 aromatic heterocycles. The van der Waals surface area contributed by atoms with Gasteiger partial charge in [0.15, 0.2) is 0 Å². The van der Waals surface area contributed by atoms with E-state index in [0.29, 0.717) is 6.54 Å². The molecule has 1 atom stereocenters. The third kappa shape index (κ3) is 2.91. The Morgan fingerprint density at radius 3 is 3.17 bits per heavy atom. The number of aromatic nitrogens is 2. The number of nitrogens with zero attached hydrogens (tertiary/aromatic N) is 2.